The largest absolute Gasteiger partial charge is 0.416 e. The van der Waals surface area contributed by atoms with E-state index in [4.69, 9.17) is 0 Å². The number of piperidine rings is 1. The van der Waals surface area contributed by atoms with Gasteiger partial charge in [0.05, 0.1) is 23.5 Å². The Hall–Kier alpha value is -3.43. The number of H-pyrrole nitrogens is 1. The number of alkyl halides is 3. The van der Waals surface area contributed by atoms with Gasteiger partial charge in [0, 0.05) is 37.5 Å². The minimum Gasteiger partial charge on any atom is -0.354 e. The highest BCUT2D eigenvalue weighted by molar-refractivity contribution is 5.77. The van der Waals surface area contributed by atoms with Gasteiger partial charge in [0.2, 0.25) is 11.9 Å². The lowest BCUT2D eigenvalue weighted by Gasteiger charge is -2.36. The van der Waals surface area contributed by atoms with Crippen molar-refractivity contribution in [3.8, 4) is 11.1 Å². The number of aromatic amines is 1. The number of halogens is 3. The lowest BCUT2D eigenvalue weighted by molar-refractivity contribution is -0.137. The average Bonchev–Trinajstić information content (AvgIpc) is 3.32. The topological polar surface area (TPSA) is 86.8 Å². The van der Waals surface area contributed by atoms with E-state index in [1.165, 1.54) is 12.1 Å². The number of nitrogens with zero attached hydrogens (tertiary/aromatic N) is 4. The Balaban J connectivity index is 1.43. The fourth-order valence-corrected chi connectivity index (χ4v) is 4.12. The highest BCUT2D eigenvalue weighted by atomic mass is 19.4. The third kappa shape index (κ3) is 5.50. The lowest BCUT2D eigenvalue weighted by Crippen LogP contribution is -2.39. The van der Waals surface area contributed by atoms with E-state index in [0.29, 0.717) is 37.4 Å². The number of likely N-dealkylation sites (tertiary alicyclic amines) is 1. The zero-order chi connectivity index (χ0) is 23.3. The standard InChI is InChI=1S/C23H25F3N6O/c24-23(25,26)17-9-7-16(8-10-17)18-15-30-31-21(18)19-5-1-2-14-32(19)20(33)6-3-11-27-22-28-12-4-13-29-22/h4,7-10,12-13,15,19H,1-3,5-6,11,14H2,(H,30,31)(H,27,28,29)/t19-/m1/s1. The van der Waals surface area contributed by atoms with Gasteiger partial charge in [0.1, 0.15) is 0 Å². The molecule has 4 rings (SSSR count). The molecule has 33 heavy (non-hydrogen) atoms. The number of aromatic nitrogens is 4. The number of nitrogens with one attached hydrogen (secondary N) is 2. The van der Waals surface area contributed by atoms with Crippen LogP contribution in [0.2, 0.25) is 0 Å². The van der Waals surface area contributed by atoms with Crippen molar-refractivity contribution in [1.29, 1.82) is 0 Å². The van der Waals surface area contributed by atoms with Gasteiger partial charge in [-0.3, -0.25) is 9.89 Å². The molecule has 0 spiro atoms. The zero-order valence-electron chi connectivity index (χ0n) is 18.0. The van der Waals surface area contributed by atoms with E-state index in [-0.39, 0.29) is 11.9 Å². The van der Waals surface area contributed by atoms with Gasteiger partial charge in [-0.25, -0.2) is 9.97 Å². The van der Waals surface area contributed by atoms with Crippen LogP contribution in [0.5, 0.6) is 0 Å². The molecule has 0 unspecified atom stereocenters. The van der Waals surface area contributed by atoms with Crippen LogP contribution >= 0.6 is 0 Å². The van der Waals surface area contributed by atoms with Crippen molar-refractivity contribution < 1.29 is 18.0 Å². The van der Waals surface area contributed by atoms with Crippen LogP contribution in [0.3, 0.4) is 0 Å². The van der Waals surface area contributed by atoms with Crippen LogP contribution in [0.25, 0.3) is 11.1 Å². The molecule has 1 amide bonds. The maximum absolute atomic E-state index is 13.0. The molecule has 0 radical (unpaired) electrons. The first kappa shape index (κ1) is 22.8. The molecule has 3 heterocycles. The second-order valence-corrected chi connectivity index (χ2v) is 7.97. The quantitative estimate of drug-likeness (QED) is 0.495. The van der Waals surface area contributed by atoms with Gasteiger partial charge in [0.15, 0.2) is 0 Å². The van der Waals surface area contributed by atoms with Crippen LogP contribution in [0.4, 0.5) is 19.1 Å². The Morgan fingerprint density at radius 3 is 2.64 bits per heavy atom. The molecule has 1 fully saturated rings. The molecule has 1 aromatic carbocycles. The average molecular weight is 458 g/mol. The predicted octanol–water partition coefficient (Wildman–Crippen LogP) is 4.83. The van der Waals surface area contributed by atoms with Gasteiger partial charge in [-0.05, 0) is 49.4 Å². The highest BCUT2D eigenvalue weighted by Gasteiger charge is 2.32. The molecule has 1 atom stereocenters. The first-order valence-electron chi connectivity index (χ1n) is 10.9. The summed E-state index contributed by atoms with van der Waals surface area (Å²) in [6.45, 7) is 1.22. The molecule has 7 nitrogen and oxygen atoms in total. The maximum atomic E-state index is 13.0. The van der Waals surface area contributed by atoms with Crippen LogP contribution in [-0.4, -0.2) is 44.1 Å². The van der Waals surface area contributed by atoms with Gasteiger partial charge in [-0.1, -0.05) is 12.1 Å². The molecule has 2 N–H and O–H groups in total. The van der Waals surface area contributed by atoms with E-state index in [9.17, 15) is 18.0 Å². The molecule has 0 aliphatic carbocycles. The molecular formula is C23H25F3N6O. The highest BCUT2D eigenvalue weighted by Crippen LogP contribution is 2.37. The molecule has 1 aliphatic rings. The number of hydrogen-bond acceptors (Lipinski definition) is 5. The predicted molar refractivity (Wildman–Crippen MR) is 117 cm³/mol. The van der Waals surface area contributed by atoms with Gasteiger partial charge in [-0.2, -0.15) is 18.3 Å². The Bertz CT molecular complexity index is 1050. The van der Waals surface area contributed by atoms with Crippen LogP contribution < -0.4 is 5.32 Å². The van der Waals surface area contributed by atoms with Crippen molar-refractivity contribution in [1.82, 2.24) is 25.1 Å². The molecule has 3 aromatic rings. The van der Waals surface area contributed by atoms with Crippen LogP contribution in [0.15, 0.2) is 48.9 Å². The number of rotatable bonds is 7. The summed E-state index contributed by atoms with van der Waals surface area (Å²) in [5.74, 6) is 0.572. The third-order valence-corrected chi connectivity index (χ3v) is 5.76. The fourth-order valence-electron chi connectivity index (χ4n) is 4.12. The number of benzene rings is 1. The molecule has 174 valence electrons. The minimum absolute atomic E-state index is 0.0449. The van der Waals surface area contributed by atoms with Crippen molar-refractivity contribution >= 4 is 11.9 Å². The number of amides is 1. The van der Waals surface area contributed by atoms with Crippen molar-refractivity contribution in [2.45, 2.75) is 44.3 Å². The number of carbonyl (C=O) groups is 1. The van der Waals surface area contributed by atoms with E-state index in [1.807, 2.05) is 4.90 Å². The summed E-state index contributed by atoms with van der Waals surface area (Å²) in [6, 6.07) is 6.59. The van der Waals surface area contributed by atoms with Crippen molar-refractivity contribution in [3.05, 3.63) is 60.2 Å². The van der Waals surface area contributed by atoms with E-state index < -0.39 is 11.7 Å². The van der Waals surface area contributed by atoms with E-state index in [1.54, 1.807) is 24.7 Å². The molecular weight excluding hydrogens is 433 g/mol. The van der Waals surface area contributed by atoms with Gasteiger partial charge < -0.3 is 10.2 Å². The zero-order valence-corrected chi connectivity index (χ0v) is 18.0. The normalized spacial score (nSPS) is 16.6. The van der Waals surface area contributed by atoms with Crippen molar-refractivity contribution in [2.24, 2.45) is 0 Å². The molecule has 0 bridgehead atoms. The summed E-state index contributed by atoms with van der Waals surface area (Å²) in [5.41, 5.74) is 1.42. The Morgan fingerprint density at radius 2 is 1.91 bits per heavy atom. The Morgan fingerprint density at radius 1 is 1.15 bits per heavy atom. The number of carbonyl (C=O) groups excluding carboxylic acids is 1. The smallest absolute Gasteiger partial charge is 0.354 e. The van der Waals surface area contributed by atoms with Crippen LogP contribution in [-0.2, 0) is 11.0 Å². The van der Waals surface area contributed by atoms with Crippen molar-refractivity contribution in [3.63, 3.8) is 0 Å². The molecule has 0 saturated carbocycles. The Labute approximate surface area is 189 Å². The summed E-state index contributed by atoms with van der Waals surface area (Å²) in [5, 5.41) is 10.2. The lowest BCUT2D eigenvalue weighted by atomic mass is 9.94. The summed E-state index contributed by atoms with van der Waals surface area (Å²) in [4.78, 5) is 23.1. The fraction of sp³-hybridized carbons (Fsp3) is 0.391. The minimum atomic E-state index is -4.38. The van der Waals surface area contributed by atoms with Crippen LogP contribution in [0, 0.1) is 0 Å². The first-order valence-corrected chi connectivity index (χ1v) is 10.9. The third-order valence-electron chi connectivity index (χ3n) is 5.76. The van der Waals surface area contributed by atoms with Crippen molar-refractivity contribution in [2.75, 3.05) is 18.4 Å². The second kappa shape index (κ2) is 10.0. The number of anilines is 1. The first-order chi connectivity index (χ1) is 15.9. The van der Waals surface area contributed by atoms with Gasteiger partial charge >= 0.3 is 6.18 Å². The second-order valence-electron chi connectivity index (χ2n) is 7.97. The molecule has 1 saturated heterocycles. The summed E-state index contributed by atoms with van der Waals surface area (Å²) in [7, 11) is 0. The molecule has 2 aromatic heterocycles. The number of hydrogen-bond donors (Lipinski definition) is 2. The monoisotopic (exact) mass is 458 g/mol. The molecule has 10 heteroatoms. The van der Waals surface area contributed by atoms with E-state index in [2.05, 4.69) is 25.5 Å². The summed E-state index contributed by atoms with van der Waals surface area (Å²) < 4.78 is 38.8. The van der Waals surface area contributed by atoms with Crippen LogP contribution in [0.1, 0.15) is 49.4 Å². The van der Waals surface area contributed by atoms with E-state index in [0.717, 1.165) is 42.7 Å². The summed E-state index contributed by atoms with van der Waals surface area (Å²) in [6.07, 6.45) is 4.20. The molecule has 1 aliphatic heterocycles. The maximum Gasteiger partial charge on any atom is 0.416 e. The Kier molecular flexibility index (Phi) is 6.90. The SMILES string of the molecule is O=C(CCCNc1ncccn1)N1CCCC[C@@H]1c1[nH]ncc1-c1ccc(C(F)(F)F)cc1. The summed E-state index contributed by atoms with van der Waals surface area (Å²) >= 11 is 0. The van der Waals surface area contributed by atoms with Gasteiger partial charge in [0.25, 0.3) is 0 Å². The van der Waals surface area contributed by atoms with Gasteiger partial charge in [-0.15, -0.1) is 0 Å². The van der Waals surface area contributed by atoms with E-state index >= 15 is 0 Å².